The monoisotopic (exact) mass is 351 g/mol. The van der Waals surface area contributed by atoms with Crippen molar-refractivity contribution in [2.24, 2.45) is 0 Å². The Bertz CT molecular complexity index is 920. The number of benzene rings is 2. The van der Waals surface area contributed by atoms with Gasteiger partial charge in [0.25, 0.3) is 0 Å². The summed E-state index contributed by atoms with van der Waals surface area (Å²) in [5, 5.41) is 7.69. The standard InChI is InChI=1S/C20H18ClN3O/c1-2-22-19-11-6-15-13-17(9-10-18(15)24-19)23-20(25)12-5-14-3-7-16(21)8-4-14/h3-13H,2H2,1H3,(H,22,24)(H,23,25). The highest BCUT2D eigenvalue weighted by molar-refractivity contribution is 6.30. The minimum atomic E-state index is -0.188. The number of carbonyl (C=O) groups is 1. The van der Waals surface area contributed by atoms with Crippen LogP contribution in [0.2, 0.25) is 5.02 Å². The largest absolute Gasteiger partial charge is 0.370 e. The molecular weight excluding hydrogens is 334 g/mol. The maximum atomic E-state index is 12.1. The van der Waals surface area contributed by atoms with E-state index in [1.165, 1.54) is 6.08 Å². The molecule has 0 radical (unpaired) electrons. The second-order valence-corrected chi connectivity index (χ2v) is 5.94. The Balaban J connectivity index is 1.70. The summed E-state index contributed by atoms with van der Waals surface area (Å²) >= 11 is 5.84. The fraction of sp³-hybridized carbons (Fsp3) is 0.100. The van der Waals surface area contributed by atoms with Gasteiger partial charge < -0.3 is 10.6 Å². The van der Waals surface area contributed by atoms with E-state index in [-0.39, 0.29) is 5.91 Å². The van der Waals surface area contributed by atoms with Crippen LogP contribution >= 0.6 is 11.6 Å². The summed E-state index contributed by atoms with van der Waals surface area (Å²) in [4.78, 5) is 16.6. The highest BCUT2D eigenvalue weighted by Gasteiger charge is 2.02. The van der Waals surface area contributed by atoms with Crippen molar-refractivity contribution in [3.05, 3.63) is 71.3 Å². The van der Waals surface area contributed by atoms with Crippen LogP contribution in [0.5, 0.6) is 0 Å². The zero-order chi connectivity index (χ0) is 17.6. The fourth-order valence-corrected chi connectivity index (χ4v) is 2.54. The molecule has 0 fully saturated rings. The second kappa shape index (κ2) is 7.81. The van der Waals surface area contributed by atoms with Gasteiger partial charge in [-0.3, -0.25) is 4.79 Å². The lowest BCUT2D eigenvalue weighted by Crippen LogP contribution is -2.07. The van der Waals surface area contributed by atoms with E-state index in [0.717, 1.165) is 34.5 Å². The Kier molecular flexibility index (Phi) is 5.31. The molecule has 1 heterocycles. The van der Waals surface area contributed by atoms with E-state index < -0.39 is 0 Å². The molecule has 0 aliphatic carbocycles. The predicted octanol–water partition coefficient (Wildman–Crippen LogP) is 4.97. The molecule has 25 heavy (non-hydrogen) atoms. The Morgan fingerprint density at radius 2 is 1.92 bits per heavy atom. The van der Waals surface area contributed by atoms with Gasteiger partial charge in [-0.15, -0.1) is 0 Å². The van der Waals surface area contributed by atoms with E-state index in [4.69, 9.17) is 11.6 Å². The summed E-state index contributed by atoms with van der Waals surface area (Å²) in [6.07, 6.45) is 3.25. The van der Waals surface area contributed by atoms with Gasteiger partial charge in [-0.05, 0) is 61.0 Å². The van der Waals surface area contributed by atoms with Gasteiger partial charge in [-0.2, -0.15) is 0 Å². The van der Waals surface area contributed by atoms with Crippen molar-refractivity contribution >= 4 is 46.0 Å². The zero-order valence-corrected chi connectivity index (χ0v) is 14.5. The van der Waals surface area contributed by atoms with Crippen molar-refractivity contribution < 1.29 is 4.79 Å². The molecule has 1 aromatic heterocycles. The molecule has 0 aliphatic rings. The summed E-state index contributed by atoms with van der Waals surface area (Å²) < 4.78 is 0. The first-order chi connectivity index (χ1) is 12.1. The third-order valence-electron chi connectivity index (χ3n) is 3.61. The van der Waals surface area contributed by atoms with Crippen molar-refractivity contribution in [2.75, 3.05) is 17.2 Å². The van der Waals surface area contributed by atoms with Gasteiger partial charge in [0, 0.05) is 28.7 Å². The van der Waals surface area contributed by atoms with Crippen LogP contribution in [0.25, 0.3) is 17.0 Å². The van der Waals surface area contributed by atoms with Crippen molar-refractivity contribution in [2.45, 2.75) is 6.92 Å². The minimum absolute atomic E-state index is 0.188. The van der Waals surface area contributed by atoms with Crippen molar-refractivity contribution in [1.82, 2.24) is 4.98 Å². The van der Waals surface area contributed by atoms with Gasteiger partial charge in [0.05, 0.1) is 5.52 Å². The highest BCUT2D eigenvalue weighted by Crippen LogP contribution is 2.20. The third kappa shape index (κ3) is 4.58. The number of anilines is 2. The van der Waals surface area contributed by atoms with Crippen LogP contribution in [0, 0.1) is 0 Å². The number of nitrogens with zero attached hydrogens (tertiary/aromatic N) is 1. The van der Waals surface area contributed by atoms with E-state index >= 15 is 0 Å². The number of rotatable bonds is 5. The smallest absolute Gasteiger partial charge is 0.248 e. The van der Waals surface area contributed by atoms with Crippen LogP contribution in [0.3, 0.4) is 0 Å². The minimum Gasteiger partial charge on any atom is -0.370 e. The summed E-state index contributed by atoms with van der Waals surface area (Å²) in [5.74, 6) is 0.657. The molecule has 3 aromatic rings. The first kappa shape index (κ1) is 17.0. The van der Waals surface area contributed by atoms with E-state index in [9.17, 15) is 4.79 Å². The number of carbonyl (C=O) groups excluding carboxylic acids is 1. The SMILES string of the molecule is CCNc1ccc2cc(NC(=O)C=Cc3ccc(Cl)cc3)ccc2n1. The van der Waals surface area contributed by atoms with E-state index in [2.05, 4.69) is 15.6 Å². The summed E-state index contributed by atoms with van der Waals surface area (Å²) in [6.45, 7) is 2.86. The Labute approximate surface area is 151 Å². The fourth-order valence-electron chi connectivity index (χ4n) is 2.41. The number of hydrogen-bond donors (Lipinski definition) is 2. The van der Waals surface area contributed by atoms with Crippen LogP contribution in [0.4, 0.5) is 11.5 Å². The molecule has 0 unspecified atom stereocenters. The maximum Gasteiger partial charge on any atom is 0.248 e. The second-order valence-electron chi connectivity index (χ2n) is 5.51. The lowest BCUT2D eigenvalue weighted by atomic mass is 10.2. The molecule has 5 heteroatoms. The molecule has 3 rings (SSSR count). The molecule has 0 bridgehead atoms. The normalized spacial score (nSPS) is 11.0. The van der Waals surface area contributed by atoms with Gasteiger partial charge in [0.1, 0.15) is 5.82 Å². The number of nitrogens with one attached hydrogen (secondary N) is 2. The first-order valence-corrected chi connectivity index (χ1v) is 8.41. The maximum absolute atomic E-state index is 12.1. The van der Waals surface area contributed by atoms with E-state index in [0.29, 0.717) is 5.02 Å². The topological polar surface area (TPSA) is 54.0 Å². The lowest BCUT2D eigenvalue weighted by Gasteiger charge is -2.06. The first-order valence-electron chi connectivity index (χ1n) is 8.03. The van der Waals surface area contributed by atoms with Crippen molar-refractivity contribution in [1.29, 1.82) is 0 Å². The number of aromatic nitrogens is 1. The molecule has 0 saturated carbocycles. The van der Waals surface area contributed by atoms with Crippen LogP contribution in [-0.4, -0.2) is 17.4 Å². The van der Waals surface area contributed by atoms with Gasteiger partial charge >= 0.3 is 0 Å². The molecule has 1 amide bonds. The molecular formula is C20H18ClN3O. The molecule has 0 spiro atoms. The molecule has 0 saturated heterocycles. The van der Waals surface area contributed by atoms with Gasteiger partial charge in [0.2, 0.25) is 5.91 Å². The van der Waals surface area contributed by atoms with Gasteiger partial charge in [-0.1, -0.05) is 23.7 Å². The quantitative estimate of drug-likeness (QED) is 0.638. The molecule has 126 valence electrons. The summed E-state index contributed by atoms with van der Waals surface area (Å²) in [5.41, 5.74) is 2.53. The van der Waals surface area contributed by atoms with Crippen LogP contribution in [-0.2, 0) is 4.79 Å². The Hall–Kier alpha value is -2.85. The Morgan fingerprint density at radius 3 is 2.68 bits per heavy atom. The third-order valence-corrected chi connectivity index (χ3v) is 3.86. The summed E-state index contributed by atoms with van der Waals surface area (Å²) in [7, 11) is 0. The number of hydrogen-bond acceptors (Lipinski definition) is 3. The van der Waals surface area contributed by atoms with Crippen LogP contribution in [0.1, 0.15) is 12.5 Å². The number of amides is 1. The summed E-state index contributed by atoms with van der Waals surface area (Å²) in [6, 6.07) is 16.9. The number of fused-ring (bicyclic) bond motifs is 1. The van der Waals surface area contributed by atoms with Crippen LogP contribution < -0.4 is 10.6 Å². The average molecular weight is 352 g/mol. The van der Waals surface area contributed by atoms with E-state index in [1.54, 1.807) is 18.2 Å². The predicted molar refractivity (Wildman–Crippen MR) is 105 cm³/mol. The number of pyridine rings is 1. The Morgan fingerprint density at radius 1 is 1.12 bits per heavy atom. The zero-order valence-electron chi connectivity index (χ0n) is 13.8. The molecule has 0 aliphatic heterocycles. The molecule has 2 aromatic carbocycles. The number of halogens is 1. The molecule has 2 N–H and O–H groups in total. The van der Waals surface area contributed by atoms with Crippen molar-refractivity contribution in [3.63, 3.8) is 0 Å². The van der Waals surface area contributed by atoms with Gasteiger partial charge in [0.15, 0.2) is 0 Å². The van der Waals surface area contributed by atoms with Gasteiger partial charge in [-0.25, -0.2) is 4.98 Å². The molecule has 0 atom stereocenters. The van der Waals surface area contributed by atoms with E-state index in [1.807, 2.05) is 49.4 Å². The average Bonchev–Trinajstić information content (AvgIpc) is 2.62. The lowest BCUT2D eigenvalue weighted by molar-refractivity contribution is -0.111. The van der Waals surface area contributed by atoms with Crippen molar-refractivity contribution in [3.8, 4) is 0 Å². The highest BCUT2D eigenvalue weighted by atomic mass is 35.5. The van der Waals surface area contributed by atoms with Crippen LogP contribution in [0.15, 0.2) is 60.7 Å². The molecule has 4 nitrogen and oxygen atoms in total.